The monoisotopic (exact) mass is 507 g/mol. The van der Waals surface area contributed by atoms with E-state index < -0.39 is 15.9 Å². The maximum atomic E-state index is 13.4. The molecule has 9 heteroatoms. The maximum absolute atomic E-state index is 13.4. The molecule has 0 unspecified atom stereocenters. The molecule has 36 heavy (non-hydrogen) atoms. The predicted molar refractivity (Wildman–Crippen MR) is 141 cm³/mol. The first-order chi connectivity index (χ1) is 17.3. The summed E-state index contributed by atoms with van der Waals surface area (Å²) in [7, 11) is -0.650. The van der Waals surface area contributed by atoms with Gasteiger partial charge in [0.15, 0.2) is 9.84 Å². The zero-order valence-electron chi connectivity index (χ0n) is 20.4. The van der Waals surface area contributed by atoms with Gasteiger partial charge < -0.3 is 24.7 Å². The van der Waals surface area contributed by atoms with Gasteiger partial charge in [0.25, 0.3) is 0 Å². The zero-order valence-corrected chi connectivity index (χ0v) is 21.3. The van der Waals surface area contributed by atoms with Crippen molar-refractivity contribution < 1.29 is 22.7 Å². The number of ether oxygens (including phenoxy) is 2. The van der Waals surface area contributed by atoms with Crippen LogP contribution < -0.4 is 20.1 Å². The number of sulfone groups is 1. The highest BCUT2D eigenvalue weighted by molar-refractivity contribution is 7.91. The molecule has 2 amide bonds. The molecule has 0 aliphatic carbocycles. The first kappa shape index (κ1) is 25.1. The van der Waals surface area contributed by atoms with E-state index in [1.165, 1.54) is 14.2 Å². The maximum Gasteiger partial charge on any atom is 0.319 e. The lowest BCUT2D eigenvalue weighted by molar-refractivity contribution is 0.252. The van der Waals surface area contributed by atoms with E-state index in [1.807, 2.05) is 66.1 Å². The van der Waals surface area contributed by atoms with Gasteiger partial charge in [0.1, 0.15) is 11.5 Å². The van der Waals surface area contributed by atoms with E-state index in [9.17, 15) is 13.2 Å². The third-order valence-corrected chi connectivity index (χ3v) is 7.81. The predicted octanol–water partition coefficient (Wildman–Crippen LogP) is 4.61. The highest BCUT2D eigenvalue weighted by atomic mass is 32.2. The molecule has 8 nitrogen and oxygen atoms in total. The van der Waals surface area contributed by atoms with Crippen molar-refractivity contribution in [3.05, 3.63) is 84.1 Å². The van der Waals surface area contributed by atoms with Gasteiger partial charge in [0, 0.05) is 53.6 Å². The first-order valence-corrected chi connectivity index (χ1v) is 13.1. The molecule has 0 saturated carbocycles. The third kappa shape index (κ3) is 5.46. The van der Waals surface area contributed by atoms with Gasteiger partial charge in [0.05, 0.1) is 24.9 Å². The van der Waals surface area contributed by atoms with Gasteiger partial charge in [-0.05, 0) is 18.6 Å². The Hall–Kier alpha value is -3.98. The van der Waals surface area contributed by atoms with Crippen LogP contribution in [0.15, 0.2) is 77.7 Å². The van der Waals surface area contributed by atoms with Crippen molar-refractivity contribution in [2.24, 2.45) is 0 Å². The Labute approximate surface area is 210 Å². The normalized spacial score (nSPS) is 11.3. The van der Waals surface area contributed by atoms with Crippen LogP contribution in [0.2, 0.25) is 0 Å². The number of fused-ring (bicyclic) bond motifs is 1. The fraction of sp³-hybridized carbons (Fsp3) is 0.222. The Morgan fingerprint density at radius 3 is 2.22 bits per heavy atom. The summed E-state index contributed by atoms with van der Waals surface area (Å²) < 4.78 is 39.3. The minimum Gasteiger partial charge on any atom is -0.497 e. The number of aromatic nitrogens is 1. The molecule has 0 fully saturated rings. The molecule has 2 N–H and O–H groups in total. The molecule has 0 atom stereocenters. The van der Waals surface area contributed by atoms with Gasteiger partial charge in [-0.1, -0.05) is 48.5 Å². The lowest BCUT2D eigenvalue weighted by Gasteiger charge is -2.11. The fourth-order valence-corrected chi connectivity index (χ4v) is 5.86. The number of nitrogens with one attached hydrogen (secondary N) is 2. The molecule has 0 spiro atoms. The van der Waals surface area contributed by atoms with Crippen LogP contribution in [0.3, 0.4) is 0 Å². The Balaban J connectivity index is 1.50. The number of hydrogen-bond donors (Lipinski definition) is 2. The van der Waals surface area contributed by atoms with Crippen LogP contribution in [0, 0.1) is 6.92 Å². The first-order valence-electron chi connectivity index (χ1n) is 11.4. The Morgan fingerprint density at radius 2 is 1.56 bits per heavy atom. The smallest absolute Gasteiger partial charge is 0.319 e. The summed E-state index contributed by atoms with van der Waals surface area (Å²) in [6.07, 6.45) is 0. The minimum atomic E-state index is -3.68. The molecular weight excluding hydrogens is 478 g/mol. The van der Waals surface area contributed by atoms with Crippen molar-refractivity contribution in [1.29, 1.82) is 0 Å². The molecule has 0 saturated heterocycles. The second-order valence-corrected chi connectivity index (χ2v) is 10.4. The van der Waals surface area contributed by atoms with E-state index in [-0.39, 0.29) is 12.3 Å². The van der Waals surface area contributed by atoms with Crippen molar-refractivity contribution in [1.82, 2.24) is 9.88 Å². The van der Waals surface area contributed by atoms with Crippen molar-refractivity contribution in [2.75, 3.05) is 31.8 Å². The van der Waals surface area contributed by atoms with E-state index in [0.717, 1.165) is 11.1 Å². The summed E-state index contributed by atoms with van der Waals surface area (Å²) in [4.78, 5) is 12.7. The number of nitrogens with zero attached hydrogens (tertiary/aromatic N) is 1. The molecule has 1 heterocycles. The van der Waals surface area contributed by atoms with Crippen LogP contribution in [0.25, 0.3) is 10.9 Å². The number of hydrogen-bond acceptors (Lipinski definition) is 5. The van der Waals surface area contributed by atoms with E-state index in [4.69, 9.17) is 9.47 Å². The van der Waals surface area contributed by atoms with E-state index in [0.29, 0.717) is 39.7 Å². The number of para-hydroxylation sites is 1. The second kappa shape index (κ2) is 10.7. The number of anilines is 1. The van der Waals surface area contributed by atoms with Crippen LogP contribution in [-0.4, -0.2) is 45.5 Å². The van der Waals surface area contributed by atoms with Crippen molar-refractivity contribution in [3.63, 3.8) is 0 Å². The average molecular weight is 508 g/mol. The van der Waals surface area contributed by atoms with Crippen LogP contribution >= 0.6 is 0 Å². The molecule has 0 bridgehead atoms. The Morgan fingerprint density at radius 1 is 0.917 bits per heavy atom. The molecule has 3 aromatic carbocycles. The molecule has 188 valence electrons. The number of carbonyl (C=O) groups excluding carboxylic acids is 1. The SMILES string of the molecule is COc1cc(NC(=O)NCCS(=O)(=O)c2c(C)n(Cc3ccccc3)c3ccccc23)cc(OC)c1. The molecule has 0 aliphatic rings. The highest BCUT2D eigenvalue weighted by Gasteiger charge is 2.25. The lowest BCUT2D eigenvalue weighted by Crippen LogP contribution is -2.33. The van der Waals surface area contributed by atoms with Gasteiger partial charge >= 0.3 is 6.03 Å². The van der Waals surface area contributed by atoms with Crippen LogP contribution in [0.5, 0.6) is 11.5 Å². The van der Waals surface area contributed by atoms with Gasteiger partial charge in [-0.2, -0.15) is 0 Å². The standard InChI is InChI=1S/C27H29N3O5S/c1-19-26(24-11-7-8-12-25(24)30(19)18-20-9-5-4-6-10-20)36(32,33)14-13-28-27(31)29-21-15-22(34-2)17-23(16-21)35-3/h4-12,15-17H,13-14,18H2,1-3H3,(H2,28,29,31). The number of methoxy groups -OCH3 is 2. The average Bonchev–Trinajstić information content (AvgIpc) is 3.16. The largest absolute Gasteiger partial charge is 0.497 e. The van der Waals surface area contributed by atoms with E-state index in [2.05, 4.69) is 10.6 Å². The van der Waals surface area contributed by atoms with Crippen molar-refractivity contribution in [3.8, 4) is 11.5 Å². The molecule has 4 rings (SSSR count). The summed E-state index contributed by atoms with van der Waals surface area (Å²) in [5.41, 5.74) is 3.08. The van der Waals surface area contributed by atoms with Gasteiger partial charge in [0.2, 0.25) is 0 Å². The number of amides is 2. The molecule has 1 aromatic heterocycles. The van der Waals surface area contributed by atoms with Gasteiger partial charge in [-0.25, -0.2) is 13.2 Å². The van der Waals surface area contributed by atoms with Crippen LogP contribution in [0.4, 0.5) is 10.5 Å². The van der Waals surface area contributed by atoms with Gasteiger partial charge in [-0.15, -0.1) is 0 Å². The quantitative estimate of drug-likeness (QED) is 0.345. The molecule has 4 aromatic rings. The topological polar surface area (TPSA) is 98.7 Å². The second-order valence-electron chi connectivity index (χ2n) is 8.30. The Kier molecular flexibility index (Phi) is 7.49. The summed E-state index contributed by atoms with van der Waals surface area (Å²) in [5, 5.41) is 5.99. The number of carbonyl (C=O) groups is 1. The molecule has 0 radical (unpaired) electrons. The molecular formula is C27H29N3O5S. The number of benzene rings is 3. The van der Waals surface area contributed by atoms with Crippen molar-refractivity contribution >= 4 is 32.5 Å². The fourth-order valence-electron chi connectivity index (χ4n) is 4.22. The number of rotatable bonds is 9. The summed E-state index contributed by atoms with van der Waals surface area (Å²) in [6.45, 7) is 2.34. The number of urea groups is 1. The third-order valence-electron chi connectivity index (χ3n) is 5.93. The summed E-state index contributed by atoms with van der Waals surface area (Å²) >= 11 is 0. The zero-order chi connectivity index (χ0) is 25.7. The van der Waals surface area contributed by atoms with E-state index >= 15 is 0 Å². The molecule has 0 aliphatic heterocycles. The lowest BCUT2D eigenvalue weighted by atomic mass is 10.2. The summed E-state index contributed by atoms with van der Waals surface area (Å²) in [5.74, 6) is 0.811. The minimum absolute atomic E-state index is 0.0487. The van der Waals surface area contributed by atoms with Crippen LogP contribution in [0.1, 0.15) is 11.3 Å². The highest BCUT2D eigenvalue weighted by Crippen LogP contribution is 2.31. The van der Waals surface area contributed by atoms with Gasteiger partial charge in [-0.3, -0.25) is 0 Å². The summed E-state index contributed by atoms with van der Waals surface area (Å²) in [6, 6.07) is 21.9. The Bertz CT molecular complexity index is 1460. The van der Waals surface area contributed by atoms with E-state index in [1.54, 1.807) is 18.2 Å². The van der Waals surface area contributed by atoms with Crippen LogP contribution in [-0.2, 0) is 16.4 Å². The van der Waals surface area contributed by atoms with Crippen molar-refractivity contribution in [2.45, 2.75) is 18.4 Å².